The second-order valence-corrected chi connectivity index (χ2v) is 3.11. The third kappa shape index (κ3) is 1.44. The molecule has 1 aromatic heterocycles. The fourth-order valence-corrected chi connectivity index (χ4v) is 1.36. The first-order valence-corrected chi connectivity index (χ1v) is 4.14. The minimum atomic E-state index is 0.193. The van der Waals surface area contributed by atoms with Crippen LogP contribution in [-0.2, 0) is 0 Å². The van der Waals surface area contributed by atoms with Crippen LogP contribution in [0, 0.1) is 5.92 Å². The summed E-state index contributed by atoms with van der Waals surface area (Å²) in [5, 5.41) is 0. The van der Waals surface area contributed by atoms with E-state index < -0.39 is 0 Å². The van der Waals surface area contributed by atoms with Crippen LogP contribution in [0.3, 0.4) is 0 Å². The summed E-state index contributed by atoms with van der Waals surface area (Å²) >= 11 is 0. The zero-order valence-corrected chi connectivity index (χ0v) is 6.77. The van der Waals surface area contributed by atoms with E-state index in [0.29, 0.717) is 5.92 Å². The van der Waals surface area contributed by atoms with E-state index in [4.69, 9.17) is 5.84 Å². The molecule has 0 aliphatic heterocycles. The first-order valence-electron chi connectivity index (χ1n) is 4.14. The Morgan fingerprint density at radius 2 is 2.33 bits per heavy atom. The Kier molecular flexibility index (Phi) is 2.01. The van der Waals surface area contributed by atoms with Crippen LogP contribution in [0.25, 0.3) is 0 Å². The van der Waals surface area contributed by atoms with Crippen molar-refractivity contribution in [2.45, 2.75) is 18.9 Å². The summed E-state index contributed by atoms with van der Waals surface area (Å²) < 4.78 is 0. The van der Waals surface area contributed by atoms with E-state index in [2.05, 4.69) is 15.4 Å². The molecule has 0 amide bonds. The molecule has 2 rings (SSSR count). The number of rotatable bonds is 3. The topological polar surface area (TPSA) is 63.8 Å². The highest BCUT2D eigenvalue weighted by Gasteiger charge is 2.32. The molecule has 0 bridgehead atoms. The summed E-state index contributed by atoms with van der Waals surface area (Å²) in [6.45, 7) is 0. The van der Waals surface area contributed by atoms with Crippen LogP contribution in [0.1, 0.15) is 24.6 Å². The number of nitrogens with two attached hydrogens (primary N) is 1. The van der Waals surface area contributed by atoms with Gasteiger partial charge in [0, 0.05) is 12.4 Å². The molecule has 1 aromatic rings. The van der Waals surface area contributed by atoms with Crippen molar-refractivity contribution >= 4 is 0 Å². The van der Waals surface area contributed by atoms with Gasteiger partial charge in [0.15, 0.2) is 0 Å². The van der Waals surface area contributed by atoms with Crippen molar-refractivity contribution in [3.8, 4) is 0 Å². The molecule has 4 heteroatoms. The van der Waals surface area contributed by atoms with Gasteiger partial charge in [-0.25, -0.2) is 0 Å². The van der Waals surface area contributed by atoms with E-state index in [1.54, 1.807) is 18.6 Å². The van der Waals surface area contributed by atoms with E-state index in [1.165, 1.54) is 12.8 Å². The van der Waals surface area contributed by atoms with Crippen molar-refractivity contribution in [2.75, 3.05) is 0 Å². The molecule has 4 nitrogen and oxygen atoms in total. The number of nitrogens with zero attached hydrogens (tertiary/aromatic N) is 2. The zero-order valence-electron chi connectivity index (χ0n) is 6.77. The van der Waals surface area contributed by atoms with E-state index in [1.807, 2.05) is 0 Å². The largest absolute Gasteiger partial charge is 0.271 e. The van der Waals surface area contributed by atoms with Gasteiger partial charge in [0.1, 0.15) is 0 Å². The molecular weight excluding hydrogens is 152 g/mol. The molecule has 3 N–H and O–H groups in total. The Balaban J connectivity index is 2.15. The second kappa shape index (κ2) is 3.16. The van der Waals surface area contributed by atoms with Crippen LogP contribution in [0.2, 0.25) is 0 Å². The lowest BCUT2D eigenvalue weighted by Crippen LogP contribution is -2.30. The Hall–Kier alpha value is -1.00. The van der Waals surface area contributed by atoms with E-state index >= 15 is 0 Å². The number of hydrogen-bond donors (Lipinski definition) is 2. The first kappa shape index (κ1) is 7.64. The molecule has 1 heterocycles. The average Bonchev–Trinajstić information content (AvgIpc) is 2.92. The van der Waals surface area contributed by atoms with Gasteiger partial charge in [0.25, 0.3) is 0 Å². The summed E-state index contributed by atoms with van der Waals surface area (Å²) in [5.41, 5.74) is 3.72. The van der Waals surface area contributed by atoms with Gasteiger partial charge < -0.3 is 0 Å². The Labute approximate surface area is 71.2 Å². The minimum Gasteiger partial charge on any atom is -0.271 e. The number of nitrogens with one attached hydrogen (secondary N) is 1. The molecule has 1 saturated carbocycles. The maximum Gasteiger partial charge on any atom is 0.0772 e. The molecular formula is C8H12N4. The molecule has 1 fully saturated rings. The van der Waals surface area contributed by atoms with Crippen LogP contribution in [-0.4, -0.2) is 9.97 Å². The maximum absolute atomic E-state index is 5.43. The molecule has 1 aliphatic carbocycles. The van der Waals surface area contributed by atoms with Crippen LogP contribution < -0.4 is 11.3 Å². The molecule has 0 radical (unpaired) electrons. The molecule has 1 aliphatic rings. The predicted octanol–water partition coefficient (Wildman–Crippen LogP) is 0.391. The third-order valence-electron chi connectivity index (χ3n) is 2.17. The van der Waals surface area contributed by atoms with E-state index in [-0.39, 0.29) is 6.04 Å². The van der Waals surface area contributed by atoms with Gasteiger partial charge >= 0.3 is 0 Å². The first-order chi connectivity index (χ1) is 5.92. The number of hydrazine groups is 1. The van der Waals surface area contributed by atoms with Crippen molar-refractivity contribution in [3.05, 3.63) is 24.3 Å². The van der Waals surface area contributed by atoms with Crippen LogP contribution >= 0.6 is 0 Å². The summed E-state index contributed by atoms with van der Waals surface area (Å²) in [6.07, 6.45) is 7.62. The van der Waals surface area contributed by atoms with Crippen LogP contribution in [0.5, 0.6) is 0 Å². The van der Waals surface area contributed by atoms with Gasteiger partial charge in [-0.1, -0.05) is 0 Å². The predicted molar refractivity (Wildman–Crippen MR) is 44.8 cm³/mol. The van der Waals surface area contributed by atoms with Crippen molar-refractivity contribution in [2.24, 2.45) is 11.8 Å². The fraction of sp³-hybridized carbons (Fsp3) is 0.500. The van der Waals surface area contributed by atoms with Gasteiger partial charge in [-0.05, 0) is 18.8 Å². The Morgan fingerprint density at radius 3 is 2.83 bits per heavy atom. The normalized spacial score (nSPS) is 19.1. The lowest BCUT2D eigenvalue weighted by molar-refractivity contribution is 0.483. The smallest absolute Gasteiger partial charge is 0.0772 e. The summed E-state index contributed by atoms with van der Waals surface area (Å²) in [7, 11) is 0. The van der Waals surface area contributed by atoms with Gasteiger partial charge in [0.2, 0.25) is 0 Å². The lowest BCUT2D eigenvalue weighted by Gasteiger charge is -2.12. The molecule has 0 aromatic carbocycles. The van der Waals surface area contributed by atoms with E-state index in [9.17, 15) is 0 Å². The summed E-state index contributed by atoms with van der Waals surface area (Å²) in [5.74, 6) is 6.09. The molecule has 64 valence electrons. The van der Waals surface area contributed by atoms with Gasteiger partial charge in [-0.3, -0.25) is 21.2 Å². The standard InChI is InChI=1S/C8H12N4/c9-12-8(6-1-2-6)7-5-10-3-4-11-7/h3-6,8,12H,1-2,9H2. The monoisotopic (exact) mass is 164 g/mol. The van der Waals surface area contributed by atoms with Gasteiger partial charge in [-0.2, -0.15) is 0 Å². The minimum absolute atomic E-state index is 0.193. The summed E-state index contributed by atoms with van der Waals surface area (Å²) in [4.78, 5) is 8.21. The third-order valence-corrected chi connectivity index (χ3v) is 2.17. The highest BCUT2D eigenvalue weighted by atomic mass is 15.2. The average molecular weight is 164 g/mol. The van der Waals surface area contributed by atoms with Crippen molar-refractivity contribution in [1.82, 2.24) is 15.4 Å². The quantitative estimate of drug-likeness (QED) is 0.501. The molecule has 1 atom stereocenters. The lowest BCUT2D eigenvalue weighted by atomic mass is 10.1. The van der Waals surface area contributed by atoms with E-state index in [0.717, 1.165) is 5.69 Å². The second-order valence-electron chi connectivity index (χ2n) is 3.11. The molecule has 0 saturated heterocycles. The van der Waals surface area contributed by atoms with Crippen LogP contribution in [0.4, 0.5) is 0 Å². The maximum atomic E-state index is 5.43. The summed E-state index contributed by atoms with van der Waals surface area (Å²) in [6, 6.07) is 0.193. The SMILES string of the molecule is NNC(c1cnccn1)C1CC1. The highest BCUT2D eigenvalue weighted by Crippen LogP contribution is 2.39. The van der Waals surface area contributed by atoms with Crippen molar-refractivity contribution in [1.29, 1.82) is 0 Å². The number of aromatic nitrogens is 2. The van der Waals surface area contributed by atoms with Gasteiger partial charge in [0.05, 0.1) is 17.9 Å². The highest BCUT2D eigenvalue weighted by molar-refractivity contribution is 5.06. The van der Waals surface area contributed by atoms with Crippen molar-refractivity contribution < 1.29 is 0 Å². The Morgan fingerprint density at radius 1 is 1.50 bits per heavy atom. The van der Waals surface area contributed by atoms with Crippen molar-refractivity contribution in [3.63, 3.8) is 0 Å². The van der Waals surface area contributed by atoms with Gasteiger partial charge in [-0.15, -0.1) is 0 Å². The Bertz CT molecular complexity index is 244. The molecule has 0 spiro atoms. The van der Waals surface area contributed by atoms with Crippen LogP contribution in [0.15, 0.2) is 18.6 Å². The zero-order chi connectivity index (χ0) is 8.39. The molecule has 1 unspecified atom stereocenters. The molecule has 12 heavy (non-hydrogen) atoms. The fourth-order valence-electron chi connectivity index (χ4n) is 1.36. The number of hydrogen-bond acceptors (Lipinski definition) is 4.